The summed E-state index contributed by atoms with van der Waals surface area (Å²) in [5.41, 5.74) is 2.10. The molecule has 0 bridgehead atoms. The molecule has 0 saturated carbocycles. The minimum absolute atomic E-state index is 0.262. The van der Waals surface area contributed by atoms with Gasteiger partial charge < -0.3 is 5.32 Å². The fourth-order valence-corrected chi connectivity index (χ4v) is 2.50. The van der Waals surface area contributed by atoms with Gasteiger partial charge in [0.05, 0.1) is 15.6 Å². The van der Waals surface area contributed by atoms with Gasteiger partial charge in [0.2, 0.25) is 0 Å². The number of hydrogen-bond donors (Lipinski definition) is 1. The first kappa shape index (κ1) is 14.4. The van der Waals surface area contributed by atoms with Crippen molar-refractivity contribution in [3.8, 4) is 0 Å². The number of para-hydroxylation sites is 1. The molecule has 0 unspecified atom stereocenters. The van der Waals surface area contributed by atoms with Crippen LogP contribution in [0.25, 0.3) is 0 Å². The van der Waals surface area contributed by atoms with Crippen LogP contribution >= 0.6 is 39.1 Å². The summed E-state index contributed by atoms with van der Waals surface area (Å²) in [5, 5.41) is 4.12. The average molecular weight is 359 g/mol. The van der Waals surface area contributed by atoms with Gasteiger partial charge in [-0.2, -0.15) is 0 Å². The van der Waals surface area contributed by atoms with E-state index in [1.165, 1.54) is 0 Å². The summed E-state index contributed by atoms with van der Waals surface area (Å²) in [6.07, 6.45) is 0. The largest absolute Gasteiger partial charge is 0.322 e. The van der Waals surface area contributed by atoms with Crippen molar-refractivity contribution in [3.63, 3.8) is 0 Å². The van der Waals surface area contributed by atoms with Gasteiger partial charge in [0.25, 0.3) is 5.91 Å². The molecular formula is C14H10BrCl2NO. The molecule has 98 valence electrons. The van der Waals surface area contributed by atoms with Gasteiger partial charge in [-0.15, -0.1) is 0 Å². The van der Waals surface area contributed by atoms with E-state index in [0.29, 0.717) is 15.9 Å². The predicted molar refractivity (Wildman–Crippen MR) is 83.5 cm³/mol. The molecule has 2 rings (SSSR count). The van der Waals surface area contributed by atoms with Crippen LogP contribution in [0.2, 0.25) is 10.0 Å². The van der Waals surface area contributed by atoms with Gasteiger partial charge in [-0.05, 0) is 23.8 Å². The number of alkyl halides is 1. The van der Waals surface area contributed by atoms with Crippen LogP contribution in [0.15, 0.2) is 42.5 Å². The molecule has 1 amide bonds. The van der Waals surface area contributed by atoms with E-state index in [1.807, 2.05) is 24.3 Å². The SMILES string of the molecule is O=C(Nc1ccccc1CBr)c1cccc(Cl)c1Cl. The molecule has 0 saturated heterocycles. The maximum Gasteiger partial charge on any atom is 0.257 e. The summed E-state index contributed by atoms with van der Waals surface area (Å²) in [6, 6.07) is 12.5. The van der Waals surface area contributed by atoms with Crippen molar-refractivity contribution in [1.82, 2.24) is 0 Å². The maximum atomic E-state index is 12.2. The van der Waals surface area contributed by atoms with Crippen LogP contribution < -0.4 is 5.32 Å². The summed E-state index contributed by atoms with van der Waals surface area (Å²) in [6.45, 7) is 0. The molecule has 0 fully saturated rings. The van der Waals surface area contributed by atoms with E-state index in [9.17, 15) is 4.79 Å². The number of halogens is 3. The Morgan fingerprint density at radius 2 is 1.84 bits per heavy atom. The van der Waals surface area contributed by atoms with Crippen LogP contribution in [0.1, 0.15) is 15.9 Å². The third-order valence-corrected chi connectivity index (χ3v) is 4.03. The molecule has 0 radical (unpaired) electrons. The average Bonchev–Trinajstić information content (AvgIpc) is 2.42. The lowest BCUT2D eigenvalue weighted by atomic mass is 10.1. The van der Waals surface area contributed by atoms with Crippen LogP contribution in [0.3, 0.4) is 0 Å². The van der Waals surface area contributed by atoms with Gasteiger partial charge in [0.15, 0.2) is 0 Å². The quantitative estimate of drug-likeness (QED) is 0.756. The van der Waals surface area contributed by atoms with Crippen LogP contribution in [0, 0.1) is 0 Å². The lowest BCUT2D eigenvalue weighted by Gasteiger charge is -2.10. The number of hydrogen-bond acceptors (Lipinski definition) is 1. The van der Waals surface area contributed by atoms with Crippen LogP contribution in [0.5, 0.6) is 0 Å². The molecule has 0 aliphatic carbocycles. The zero-order chi connectivity index (χ0) is 13.8. The Morgan fingerprint density at radius 1 is 1.11 bits per heavy atom. The molecule has 0 aromatic heterocycles. The lowest BCUT2D eigenvalue weighted by molar-refractivity contribution is 0.102. The maximum absolute atomic E-state index is 12.2. The zero-order valence-corrected chi connectivity index (χ0v) is 12.9. The van der Waals surface area contributed by atoms with Crippen molar-refractivity contribution in [3.05, 3.63) is 63.6 Å². The molecule has 0 heterocycles. The fourth-order valence-electron chi connectivity index (χ4n) is 1.63. The Balaban J connectivity index is 2.28. The standard InChI is InChI=1S/C14H10BrCl2NO/c15-8-9-4-1-2-7-12(9)18-14(19)10-5-3-6-11(16)13(10)17/h1-7H,8H2,(H,18,19). The van der Waals surface area contributed by atoms with Gasteiger partial charge >= 0.3 is 0 Å². The number of nitrogens with one attached hydrogen (secondary N) is 1. The van der Waals surface area contributed by atoms with E-state index < -0.39 is 0 Å². The van der Waals surface area contributed by atoms with Crippen molar-refractivity contribution < 1.29 is 4.79 Å². The number of carbonyl (C=O) groups excluding carboxylic acids is 1. The minimum atomic E-state index is -0.277. The molecule has 0 atom stereocenters. The van der Waals surface area contributed by atoms with E-state index in [0.717, 1.165) is 11.3 Å². The molecular weight excluding hydrogens is 349 g/mol. The van der Waals surface area contributed by atoms with E-state index in [1.54, 1.807) is 18.2 Å². The van der Waals surface area contributed by atoms with Crippen molar-refractivity contribution in [2.24, 2.45) is 0 Å². The van der Waals surface area contributed by atoms with Gasteiger partial charge in [-0.25, -0.2) is 0 Å². The lowest BCUT2D eigenvalue weighted by Crippen LogP contribution is -2.13. The van der Waals surface area contributed by atoms with Crippen molar-refractivity contribution in [2.75, 3.05) is 5.32 Å². The van der Waals surface area contributed by atoms with E-state index in [4.69, 9.17) is 23.2 Å². The van der Waals surface area contributed by atoms with E-state index >= 15 is 0 Å². The Morgan fingerprint density at radius 3 is 2.58 bits per heavy atom. The monoisotopic (exact) mass is 357 g/mol. The highest BCUT2D eigenvalue weighted by Crippen LogP contribution is 2.27. The summed E-state index contributed by atoms with van der Waals surface area (Å²) < 4.78 is 0. The predicted octanol–water partition coefficient (Wildman–Crippen LogP) is 5.14. The third kappa shape index (κ3) is 3.30. The molecule has 19 heavy (non-hydrogen) atoms. The number of anilines is 1. The second kappa shape index (κ2) is 6.42. The summed E-state index contributed by atoms with van der Waals surface area (Å²) in [7, 11) is 0. The number of benzene rings is 2. The normalized spacial score (nSPS) is 10.3. The molecule has 0 spiro atoms. The van der Waals surface area contributed by atoms with Gasteiger partial charge in [-0.3, -0.25) is 4.79 Å². The summed E-state index contributed by atoms with van der Waals surface area (Å²) >= 11 is 15.3. The number of carbonyl (C=O) groups is 1. The van der Waals surface area contributed by atoms with Crippen molar-refractivity contribution >= 4 is 50.7 Å². The highest BCUT2D eigenvalue weighted by molar-refractivity contribution is 9.08. The van der Waals surface area contributed by atoms with Crippen LogP contribution in [-0.4, -0.2) is 5.91 Å². The number of rotatable bonds is 3. The number of amides is 1. The Bertz CT molecular complexity index is 616. The smallest absolute Gasteiger partial charge is 0.257 e. The Labute approximate surface area is 129 Å². The second-order valence-electron chi connectivity index (χ2n) is 3.85. The topological polar surface area (TPSA) is 29.1 Å². The molecule has 0 aliphatic heterocycles. The van der Waals surface area contributed by atoms with Crippen LogP contribution in [0.4, 0.5) is 5.69 Å². The minimum Gasteiger partial charge on any atom is -0.322 e. The third-order valence-electron chi connectivity index (χ3n) is 2.61. The highest BCUT2D eigenvalue weighted by atomic mass is 79.9. The first-order chi connectivity index (χ1) is 9.13. The summed E-state index contributed by atoms with van der Waals surface area (Å²) in [4.78, 5) is 12.2. The molecule has 5 heteroatoms. The van der Waals surface area contributed by atoms with Gasteiger partial charge in [-0.1, -0.05) is 63.4 Å². The molecule has 2 aromatic rings. The second-order valence-corrected chi connectivity index (χ2v) is 5.19. The summed E-state index contributed by atoms with van der Waals surface area (Å²) in [5.74, 6) is -0.277. The van der Waals surface area contributed by atoms with Crippen molar-refractivity contribution in [1.29, 1.82) is 0 Å². The Kier molecular flexibility index (Phi) is 4.86. The highest BCUT2D eigenvalue weighted by Gasteiger charge is 2.13. The van der Waals surface area contributed by atoms with Gasteiger partial charge in [0.1, 0.15) is 0 Å². The molecule has 1 N–H and O–H groups in total. The molecule has 0 aliphatic rings. The fraction of sp³-hybridized carbons (Fsp3) is 0.0714. The van der Waals surface area contributed by atoms with E-state index in [-0.39, 0.29) is 10.9 Å². The first-order valence-corrected chi connectivity index (χ1v) is 7.40. The Hall–Kier alpha value is -1.03. The van der Waals surface area contributed by atoms with E-state index in [2.05, 4.69) is 21.2 Å². The molecule has 2 aromatic carbocycles. The van der Waals surface area contributed by atoms with Crippen LogP contribution in [-0.2, 0) is 5.33 Å². The first-order valence-electron chi connectivity index (χ1n) is 5.52. The zero-order valence-electron chi connectivity index (χ0n) is 9.79. The van der Waals surface area contributed by atoms with Gasteiger partial charge in [0, 0.05) is 11.0 Å². The molecule has 2 nitrogen and oxygen atoms in total. The van der Waals surface area contributed by atoms with Crippen molar-refractivity contribution in [2.45, 2.75) is 5.33 Å².